The van der Waals surface area contributed by atoms with Crippen molar-refractivity contribution in [3.05, 3.63) is 52.8 Å². The number of hydrogen-bond acceptors (Lipinski definition) is 6. The van der Waals surface area contributed by atoms with E-state index in [0.717, 1.165) is 13.1 Å². The van der Waals surface area contributed by atoms with Crippen LogP contribution in [0.3, 0.4) is 0 Å². The van der Waals surface area contributed by atoms with Crippen molar-refractivity contribution in [1.82, 2.24) is 14.7 Å². The van der Waals surface area contributed by atoms with Gasteiger partial charge in [-0.1, -0.05) is 23.7 Å². The smallest absolute Gasteiger partial charge is 0.225 e. The average Bonchev–Trinajstić information content (AvgIpc) is 2.61. The molecule has 0 spiro atoms. The van der Waals surface area contributed by atoms with E-state index in [4.69, 9.17) is 16.3 Å². The minimum absolute atomic E-state index is 0.114. The van der Waals surface area contributed by atoms with Crippen molar-refractivity contribution in [3.63, 3.8) is 0 Å². The summed E-state index contributed by atoms with van der Waals surface area (Å²) >= 11 is 5.89. The number of aromatic nitrogens is 2. The predicted octanol–water partition coefficient (Wildman–Crippen LogP) is 1.59. The van der Waals surface area contributed by atoms with Gasteiger partial charge in [0.25, 0.3) is 0 Å². The van der Waals surface area contributed by atoms with Gasteiger partial charge in [-0.3, -0.25) is 0 Å². The zero-order valence-electron chi connectivity index (χ0n) is 13.6. The molecule has 2 aromatic rings. The third-order valence-electron chi connectivity index (χ3n) is 3.71. The highest BCUT2D eigenvalue weighted by molar-refractivity contribution is 7.88. The van der Waals surface area contributed by atoms with Crippen LogP contribution in [0.15, 0.2) is 36.5 Å². The number of nitrogens with zero attached hydrogens (tertiary/aromatic N) is 3. The van der Waals surface area contributed by atoms with Crippen LogP contribution in [0.5, 0.6) is 0 Å². The van der Waals surface area contributed by atoms with Crippen molar-refractivity contribution in [2.75, 3.05) is 31.2 Å². The molecule has 1 aliphatic heterocycles. The molecule has 0 atom stereocenters. The minimum Gasteiger partial charge on any atom is -0.378 e. The Hall–Kier alpha value is -1.74. The number of hydrogen-bond donors (Lipinski definition) is 1. The zero-order valence-corrected chi connectivity index (χ0v) is 15.1. The molecule has 2 heterocycles. The first-order valence-electron chi connectivity index (χ1n) is 7.88. The van der Waals surface area contributed by atoms with E-state index in [9.17, 15) is 8.42 Å². The molecule has 25 heavy (non-hydrogen) atoms. The van der Waals surface area contributed by atoms with Gasteiger partial charge in [-0.15, -0.1) is 0 Å². The Labute approximate surface area is 152 Å². The van der Waals surface area contributed by atoms with Gasteiger partial charge < -0.3 is 9.64 Å². The summed E-state index contributed by atoms with van der Waals surface area (Å²) in [6.07, 6.45) is 1.64. The molecule has 1 N–H and O–H groups in total. The van der Waals surface area contributed by atoms with Crippen molar-refractivity contribution < 1.29 is 13.2 Å². The van der Waals surface area contributed by atoms with Crippen LogP contribution in [-0.2, 0) is 27.1 Å². The Morgan fingerprint density at radius 1 is 1.24 bits per heavy atom. The van der Waals surface area contributed by atoms with E-state index in [1.54, 1.807) is 36.5 Å². The fourth-order valence-electron chi connectivity index (χ4n) is 2.48. The first-order chi connectivity index (χ1) is 12.0. The fraction of sp³-hybridized carbons (Fsp3) is 0.375. The number of benzene rings is 1. The van der Waals surface area contributed by atoms with Gasteiger partial charge in [0.1, 0.15) is 0 Å². The quantitative estimate of drug-likeness (QED) is 0.816. The summed E-state index contributed by atoms with van der Waals surface area (Å²) in [4.78, 5) is 10.7. The van der Waals surface area contributed by atoms with Gasteiger partial charge in [-0.25, -0.2) is 23.1 Å². The molecule has 3 rings (SSSR count). The van der Waals surface area contributed by atoms with Gasteiger partial charge in [-0.2, -0.15) is 0 Å². The summed E-state index contributed by atoms with van der Waals surface area (Å²) in [7, 11) is -3.49. The van der Waals surface area contributed by atoms with Crippen molar-refractivity contribution in [3.8, 4) is 0 Å². The highest BCUT2D eigenvalue weighted by Crippen LogP contribution is 2.13. The number of ether oxygens (including phenoxy) is 1. The van der Waals surface area contributed by atoms with Gasteiger partial charge in [0.15, 0.2) is 0 Å². The van der Waals surface area contributed by atoms with Crippen molar-refractivity contribution in [2.24, 2.45) is 0 Å². The Kier molecular flexibility index (Phi) is 5.85. The third-order valence-corrected chi connectivity index (χ3v) is 5.25. The summed E-state index contributed by atoms with van der Waals surface area (Å²) in [5.74, 6) is 0.462. The molecular weight excluding hydrogens is 364 g/mol. The Bertz CT molecular complexity index is 826. The number of nitrogens with one attached hydrogen (secondary N) is 1. The second-order valence-electron chi connectivity index (χ2n) is 5.66. The van der Waals surface area contributed by atoms with E-state index in [1.165, 1.54) is 0 Å². The molecule has 0 radical (unpaired) electrons. The highest BCUT2D eigenvalue weighted by Gasteiger charge is 2.15. The number of rotatable bonds is 6. The standard InChI is InChI=1S/C16H19ClN4O3S/c17-14-3-1-2-13(10-14)12-25(22,23)19-11-15-4-5-18-16(20-15)21-6-8-24-9-7-21/h1-5,10,19H,6-9,11-12H2. The van der Waals surface area contributed by atoms with Crippen LogP contribution in [0.4, 0.5) is 5.95 Å². The molecule has 0 bridgehead atoms. The number of sulfonamides is 1. The molecule has 7 nitrogen and oxygen atoms in total. The maximum atomic E-state index is 12.2. The lowest BCUT2D eigenvalue weighted by Gasteiger charge is -2.26. The number of halogens is 1. The second-order valence-corrected chi connectivity index (χ2v) is 7.90. The van der Waals surface area contributed by atoms with E-state index >= 15 is 0 Å². The van der Waals surface area contributed by atoms with E-state index in [1.807, 2.05) is 4.90 Å². The predicted molar refractivity (Wildman–Crippen MR) is 96.0 cm³/mol. The highest BCUT2D eigenvalue weighted by atomic mass is 35.5. The van der Waals surface area contributed by atoms with E-state index in [2.05, 4.69) is 14.7 Å². The van der Waals surface area contributed by atoms with Crippen LogP contribution in [0, 0.1) is 0 Å². The average molecular weight is 383 g/mol. The molecule has 0 aliphatic carbocycles. The lowest BCUT2D eigenvalue weighted by atomic mass is 10.2. The summed E-state index contributed by atoms with van der Waals surface area (Å²) in [6, 6.07) is 8.51. The maximum absolute atomic E-state index is 12.2. The summed E-state index contributed by atoms with van der Waals surface area (Å²) in [5.41, 5.74) is 1.25. The molecule has 0 unspecified atom stereocenters. The molecule has 134 valence electrons. The largest absolute Gasteiger partial charge is 0.378 e. The molecule has 1 saturated heterocycles. The molecule has 1 fully saturated rings. The molecule has 1 aliphatic rings. The van der Waals surface area contributed by atoms with E-state index < -0.39 is 10.0 Å². The van der Waals surface area contributed by atoms with Crippen LogP contribution >= 0.6 is 11.6 Å². The number of anilines is 1. The summed E-state index contributed by atoms with van der Waals surface area (Å²) < 4.78 is 32.4. The minimum atomic E-state index is -3.49. The molecular formula is C16H19ClN4O3S. The Morgan fingerprint density at radius 2 is 2.04 bits per heavy atom. The maximum Gasteiger partial charge on any atom is 0.225 e. The second kappa shape index (κ2) is 8.09. The van der Waals surface area contributed by atoms with Gasteiger partial charge in [0, 0.05) is 24.3 Å². The van der Waals surface area contributed by atoms with Crippen LogP contribution in [0.25, 0.3) is 0 Å². The lowest BCUT2D eigenvalue weighted by Crippen LogP contribution is -2.37. The van der Waals surface area contributed by atoms with Crippen molar-refractivity contribution in [1.29, 1.82) is 0 Å². The normalized spacial score (nSPS) is 15.3. The SMILES string of the molecule is O=S(=O)(Cc1cccc(Cl)c1)NCc1ccnc(N2CCOCC2)n1. The first kappa shape index (κ1) is 18.1. The first-order valence-corrected chi connectivity index (χ1v) is 9.91. The number of morpholine rings is 1. The summed E-state index contributed by atoms with van der Waals surface area (Å²) in [5, 5.41) is 0.513. The van der Waals surface area contributed by atoms with Gasteiger partial charge in [0.05, 0.1) is 31.2 Å². The van der Waals surface area contributed by atoms with Crippen LogP contribution in [0.1, 0.15) is 11.3 Å². The van der Waals surface area contributed by atoms with Gasteiger partial charge >= 0.3 is 0 Å². The van der Waals surface area contributed by atoms with Crippen LogP contribution in [0.2, 0.25) is 5.02 Å². The fourth-order valence-corrected chi connectivity index (χ4v) is 3.78. The van der Waals surface area contributed by atoms with E-state index in [-0.39, 0.29) is 12.3 Å². The van der Waals surface area contributed by atoms with Crippen LogP contribution in [-0.4, -0.2) is 44.7 Å². The molecule has 1 aromatic carbocycles. The monoisotopic (exact) mass is 382 g/mol. The Morgan fingerprint density at radius 3 is 2.80 bits per heavy atom. The molecule has 9 heteroatoms. The van der Waals surface area contributed by atoms with Crippen LogP contribution < -0.4 is 9.62 Å². The Balaban J connectivity index is 1.62. The van der Waals surface area contributed by atoms with Crippen molar-refractivity contribution in [2.45, 2.75) is 12.3 Å². The molecule has 0 saturated carbocycles. The molecule has 0 amide bonds. The van der Waals surface area contributed by atoms with Gasteiger partial charge in [-0.05, 0) is 23.8 Å². The topological polar surface area (TPSA) is 84.4 Å². The van der Waals surface area contributed by atoms with Gasteiger partial charge in [0.2, 0.25) is 16.0 Å². The summed E-state index contributed by atoms with van der Waals surface area (Å²) in [6.45, 7) is 2.84. The third kappa shape index (κ3) is 5.37. The lowest BCUT2D eigenvalue weighted by molar-refractivity contribution is 0.122. The van der Waals surface area contributed by atoms with E-state index in [0.29, 0.717) is 35.4 Å². The zero-order chi connectivity index (χ0) is 17.7. The van der Waals surface area contributed by atoms with Crippen molar-refractivity contribution >= 4 is 27.6 Å². The molecule has 1 aromatic heterocycles.